The molecule has 2 aromatic carbocycles. The van der Waals surface area contributed by atoms with E-state index < -0.39 is 18.0 Å². The first-order valence-corrected chi connectivity index (χ1v) is 8.90. The third-order valence-corrected chi connectivity index (χ3v) is 4.47. The van der Waals surface area contributed by atoms with E-state index in [4.69, 9.17) is 28.9 Å². The number of benzene rings is 2. The second-order valence-electron chi connectivity index (χ2n) is 6.06. The molecule has 0 fully saturated rings. The molecule has 0 aliphatic carbocycles. The molecule has 3 aromatic rings. The van der Waals surface area contributed by atoms with Gasteiger partial charge in [0, 0.05) is 10.0 Å². The SMILES string of the molecule is NC(=O)c1cc(/C=C/C(c2cc(Cl)cc(Cl)c2)C(F)(F)F)ccc1-n1cncn1. The maximum atomic E-state index is 13.6. The molecule has 2 N–H and O–H groups in total. The Balaban J connectivity index is 1.99. The van der Waals surface area contributed by atoms with Crippen LogP contribution in [0.25, 0.3) is 11.8 Å². The van der Waals surface area contributed by atoms with Gasteiger partial charge in [0.15, 0.2) is 0 Å². The molecule has 150 valence electrons. The predicted molar refractivity (Wildman–Crippen MR) is 104 cm³/mol. The Labute approximate surface area is 173 Å². The summed E-state index contributed by atoms with van der Waals surface area (Å²) in [6, 6.07) is 8.21. The molecule has 0 saturated carbocycles. The first kappa shape index (κ1) is 20.9. The van der Waals surface area contributed by atoms with E-state index in [0.29, 0.717) is 11.3 Å². The number of hydrogen-bond acceptors (Lipinski definition) is 3. The fraction of sp³-hybridized carbons (Fsp3) is 0.105. The molecule has 1 atom stereocenters. The standard InChI is InChI=1S/C19H13Cl2F3N4O/c20-13-6-12(7-14(21)8-13)16(19(22,23)24)3-1-11-2-4-17(15(5-11)18(25)29)28-10-26-9-27-28/h1-10,16H,(H2,25,29)/b3-1+. The second kappa shape index (κ2) is 8.26. The summed E-state index contributed by atoms with van der Waals surface area (Å²) in [7, 11) is 0. The zero-order valence-corrected chi connectivity index (χ0v) is 16.1. The lowest BCUT2D eigenvalue weighted by Crippen LogP contribution is -2.19. The lowest BCUT2D eigenvalue weighted by molar-refractivity contribution is -0.139. The van der Waals surface area contributed by atoms with Gasteiger partial charge in [-0.3, -0.25) is 4.79 Å². The Morgan fingerprint density at radius 2 is 1.83 bits per heavy atom. The number of nitrogens with zero attached hydrogens (tertiary/aromatic N) is 3. The van der Waals surface area contributed by atoms with Crippen molar-refractivity contribution in [1.29, 1.82) is 0 Å². The zero-order chi connectivity index (χ0) is 21.2. The number of rotatable bonds is 5. The van der Waals surface area contributed by atoms with Crippen molar-refractivity contribution in [2.24, 2.45) is 5.73 Å². The number of nitrogens with two attached hydrogens (primary N) is 1. The minimum Gasteiger partial charge on any atom is -0.366 e. The molecular weight excluding hydrogens is 428 g/mol. The smallest absolute Gasteiger partial charge is 0.366 e. The van der Waals surface area contributed by atoms with Crippen LogP contribution in [0.3, 0.4) is 0 Å². The molecule has 1 unspecified atom stereocenters. The van der Waals surface area contributed by atoms with Crippen LogP contribution in [0.4, 0.5) is 13.2 Å². The van der Waals surface area contributed by atoms with Crippen molar-refractivity contribution in [3.05, 3.63) is 81.9 Å². The normalized spacial score (nSPS) is 13.0. The largest absolute Gasteiger partial charge is 0.399 e. The van der Waals surface area contributed by atoms with Gasteiger partial charge in [0.1, 0.15) is 12.7 Å². The van der Waals surface area contributed by atoms with Gasteiger partial charge in [0.05, 0.1) is 17.2 Å². The van der Waals surface area contributed by atoms with Gasteiger partial charge < -0.3 is 5.73 Å². The van der Waals surface area contributed by atoms with Gasteiger partial charge in [-0.2, -0.15) is 18.3 Å². The van der Waals surface area contributed by atoms with Crippen LogP contribution in [0.1, 0.15) is 27.4 Å². The zero-order valence-electron chi connectivity index (χ0n) is 14.6. The Morgan fingerprint density at radius 3 is 2.38 bits per heavy atom. The van der Waals surface area contributed by atoms with Crippen LogP contribution in [0.15, 0.2) is 55.1 Å². The Morgan fingerprint density at radius 1 is 1.14 bits per heavy atom. The molecule has 5 nitrogen and oxygen atoms in total. The average molecular weight is 441 g/mol. The van der Waals surface area contributed by atoms with E-state index >= 15 is 0 Å². The van der Waals surface area contributed by atoms with E-state index in [2.05, 4.69) is 10.1 Å². The van der Waals surface area contributed by atoms with E-state index in [1.165, 1.54) is 53.7 Å². The highest BCUT2D eigenvalue weighted by molar-refractivity contribution is 6.34. The number of aromatic nitrogens is 3. The molecule has 0 aliphatic rings. The van der Waals surface area contributed by atoms with E-state index in [-0.39, 0.29) is 21.2 Å². The number of halogens is 5. The topological polar surface area (TPSA) is 73.8 Å². The highest BCUT2D eigenvalue weighted by Crippen LogP contribution is 2.38. The number of allylic oxidation sites excluding steroid dienone is 1. The van der Waals surface area contributed by atoms with Crippen molar-refractivity contribution in [2.75, 3.05) is 0 Å². The molecule has 3 rings (SSSR count). The van der Waals surface area contributed by atoms with Gasteiger partial charge >= 0.3 is 6.18 Å². The number of hydrogen-bond donors (Lipinski definition) is 1. The van der Waals surface area contributed by atoms with Crippen molar-refractivity contribution >= 4 is 35.2 Å². The third-order valence-electron chi connectivity index (χ3n) is 4.03. The van der Waals surface area contributed by atoms with Crippen LogP contribution in [-0.2, 0) is 0 Å². The average Bonchev–Trinajstić information content (AvgIpc) is 3.14. The molecule has 0 saturated heterocycles. The molecule has 29 heavy (non-hydrogen) atoms. The monoisotopic (exact) mass is 440 g/mol. The van der Waals surface area contributed by atoms with Gasteiger partial charge in [-0.05, 0) is 41.5 Å². The minimum absolute atomic E-state index is 0.0898. The molecule has 0 aliphatic heterocycles. The highest BCUT2D eigenvalue weighted by atomic mass is 35.5. The van der Waals surface area contributed by atoms with Crippen molar-refractivity contribution < 1.29 is 18.0 Å². The van der Waals surface area contributed by atoms with Crippen LogP contribution in [0.2, 0.25) is 10.0 Å². The van der Waals surface area contributed by atoms with Crippen LogP contribution in [0.5, 0.6) is 0 Å². The summed E-state index contributed by atoms with van der Waals surface area (Å²) in [6.45, 7) is 0. The number of alkyl halides is 3. The van der Waals surface area contributed by atoms with E-state index in [1.54, 1.807) is 6.07 Å². The van der Waals surface area contributed by atoms with Crippen molar-refractivity contribution in [3.63, 3.8) is 0 Å². The van der Waals surface area contributed by atoms with Gasteiger partial charge in [0.2, 0.25) is 0 Å². The van der Waals surface area contributed by atoms with Gasteiger partial charge in [0.25, 0.3) is 5.91 Å². The molecular formula is C19H13Cl2F3N4O. The van der Waals surface area contributed by atoms with Crippen molar-refractivity contribution in [2.45, 2.75) is 12.1 Å². The quantitative estimate of drug-likeness (QED) is 0.604. The Kier molecular flexibility index (Phi) is 5.95. The third kappa shape index (κ3) is 4.96. The van der Waals surface area contributed by atoms with E-state index in [9.17, 15) is 18.0 Å². The molecule has 1 aromatic heterocycles. The fourth-order valence-corrected chi connectivity index (χ4v) is 3.30. The first-order chi connectivity index (χ1) is 13.6. The maximum absolute atomic E-state index is 13.6. The van der Waals surface area contributed by atoms with Crippen molar-refractivity contribution in [3.8, 4) is 5.69 Å². The molecule has 0 bridgehead atoms. The summed E-state index contributed by atoms with van der Waals surface area (Å²) in [5.74, 6) is -2.69. The highest BCUT2D eigenvalue weighted by Gasteiger charge is 2.39. The first-order valence-electron chi connectivity index (χ1n) is 8.15. The Hall–Kier alpha value is -2.84. The van der Waals surface area contributed by atoms with Crippen LogP contribution >= 0.6 is 23.2 Å². The summed E-state index contributed by atoms with van der Waals surface area (Å²) in [6.07, 6.45) is 0.307. The van der Waals surface area contributed by atoms with E-state index in [0.717, 1.165) is 6.08 Å². The number of primary amides is 1. The molecule has 10 heteroatoms. The molecule has 0 spiro atoms. The van der Waals surface area contributed by atoms with Crippen LogP contribution < -0.4 is 5.73 Å². The maximum Gasteiger partial charge on any atom is 0.399 e. The summed E-state index contributed by atoms with van der Waals surface area (Å²) in [5.41, 5.74) is 6.11. The van der Waals surface area contributed by atoms with Gasteiger partial charge in [-0.15, -0.1) is 0 Å². The summed E-state index contributed by atoms with van der Waals surface area (Å²) >= 11 is 11.7. The Bertz CT molecular complexity index is 1050. The van der Waals surface area contributed by atoms with E-state index in [1.807, 2.05) is 0 Å². The van der Waals surface area contributed by atoms with Gasteiger partial charge in [-0.1, -0.05) is 41.4 Å². The lowest BCUT2D eigenvalue weighted by Gasteiger charge is -2.18. The van der Waals surface area contributed by atoms with Crippen molar-refractivity contribution in [1.82, 2.24) is 14.8 Å². The van der Waals surface area contributed by atoms with Gasteiger partial charge in [-0.25, -0.2) is 9.67 Å². The van der Waals surface area contributed by atoms with Crippen LogP contribution in [0, 0.1) is 0 Å². The molecule has 1 amide bonds. The molecule has 0 radical (unpaired) electrons. The summed E-state index contributed by atoms with van der Waals surface area (Å²) in [4.78, 5) is 15.6. The fourth-order valence-electron chi connectivity index (χ4n) is 2.76. The number of carbonyl (C=O) groups is 1. The summed E-state index contributed by atoms with van der Waals surface area (Å²) < 4.78 is 42.1. The minimum atomic E-state index is -4.57. The predicted octanol–water partition coefficient (Wildman–Crippen LogP) is 5.03. The molecule has 1 heterocycles. The lowest BCUT2D eigenvalue weighted by atomic mass is 9.96. The second-order valence-corrected chi connectivity index (χ2v) is 6.93. The number of carbonyl (C=O) groups excluding carboxylic acids is 1. The van der Waals surface area contributed by atoms with Crippen LogP contribution in [-0.4, -0.2) is 26.8 Å². The number of amides is 1. The summed E-state index contributed by atoms with van der Waals surface area (Å²) in [5, 5.41) is 4.13.